The monoisotopic (exact) mass is 902 g/mol. The molecule has 2 aliphatic heterocycles. The summed E-state index contributed by atoms with van der Waals surface area (Å²) in [6.07, 6.45) is -30.2. The lowest BCUT2D eigenvalue weighted by molar-refractivity contribution is -0.343. The number of rotatable bonds is 18. The summed E-state index contributed by atoms with van der Waals surface area (Å²) in [5, 5.41) is 10.2. The van der Waals surface area contributed by atoms with Crippen LogP contribution in [0.5, 0.6) is 0 Å². The lowest BCUT2D eigenvalue weighted by Gasteiger charge is -2.47. The number of ether oxygens (including phenoxy) is 3. The minimum atomic E-state index is -6.10. The van der Waals surface area contributed by atoms with Crippen LogP contribution in [0.4, 0.5) is 0 Å². The first-order valence-electron chi connectivity index (χ1n) is 11.7. The highest BCUT2D eigenvalue weighted by Gasteiger charge is 2.58. The topological polar surface area (TPSA) is 493 Å². The molecule has 0 saturated carbocycles. The van der Waals surface area contributed by atoms with E-state index in [0.29, 0.717) is 0 Å². The molecular weight excluding hydrogens is 881 g/mol. The molecule has 51 heavy (non-hydrogen) atoms. The summed E-state index contributed by atoms with van der Waals surface area (Å²) in [7, 11) is -41.2. The number of hydrogen-bond acceptors (Lipinski definition) is 25. The van der Waals surface area contributed by atoms with E-state index in [-0.39, 0.29) is 0 Å². The standard InChI is InChI=1S/C12H22O32S7/c13-11-9(43-50(29,30)31)7(41-48(23,24)25)5(3(37-11)1-35-45(14,15)16)39-12-10(44-51(32,33)34)8(42-49(26,27)28)6(40-47(20,21)22)4(38-12)2-36-46(17,18)19/h3-13H,1-2H2,(H,14,15,16)(H,17,18,19)(H,20,21,22)(H,23,24,25)(H,26,27,28)(H,29,30,31)(H,32,33,34)/t3-,4-,5-,6+,7+,8+,9-,10-,11-,12+/m1/s1. The predicted octanol–water partition coefficient (Wildman–Crippen LogP) is -6.61. The molecule has 10 atom stereocenters. The van der Waals surface area contributed by atoms with Gasteiger partial charge in [0, 0.05) is 0 Å². The van der Waals surface area contributed by atoms with Crippen molar-refractivity contribution in [2.24, 2.45) is 0 Å². The second kappa shape index (κ2) is 16.3. The summed E-state index contributed by atoms with van der Waals surface area (Å²) in [4.78, 5) is 0. The molecule has 8 N–H and O–H groups in total. The van der Waals surface area contributed by atoms with Gasteiger partial charge in [-0.25, -0.2) is 29.3 Å². The van der Waals surface area contributed by atoms with E-state index in [1.807, 2.05) is 0 Å². The molecule has 39 heteroatoms. The molecule has 2 heterocycles. The van der Waals surface area contributed by atoms with Gasteiger partial charge in [-0.2, -0.15) is 58.9 Å². The van der Waals surface area contributed by atoms with Gasteiger partial charge in [0.1, 0.15) is 36.6 Å². The molecule has 0 bridgehead atoms. The van der Waals surface area contributed by atoms with Crippen molar-refractivity contribution >= 4 is 72.8 Å². The Hall–Kier alpha value is -1.07. The van der Waals surface area contributed by atoms with Crippen molar-refractivity contribution in [3.8, 4) is 0 Å². The van der Waals surface area contributed by atoms with Gasteiger partial charge in [-0.3, -0.25) is 31.9 Å². The van der Waals surface area contributed by atoms with Gasteiger partial charge in [-0.1, -0.05) is 0 Å². The van der Waals surface area contributed by atoms with E-state index in [1.165, 1.54) is 0 Å². The highest BCUT2D eigenvalue weighted by molar-refractivity contribution is 7.82. The molecule has 0 aromatic rings. The van der Waals surface area contributed by atoms with E-state index in [0.717, 1.165) is 0 Å². The molecule has 0 aromatic heterocycles. The summed E-state index contributed by atoms with van der Waals surface area (Å²) in [6.45, 7) is -3.59. The molecule has 304 valence electrons. The zero-order valence-electron chi connectivity index (χ0n) is 23.4. The Labute approximate surface area is 286 Å². The van der Waals surface area contributed by atoms with Gasteiger partial charge in [0.15, 0.2) is 24.8 Å². The van der Waals surface area contributed by atoms with Crippen LogP contribution < -0.4 is 0 Å². The summed E-state index contributed by atoms with van der Waals surface area (Å²) >= 11 is 0. The van der Waals surface area contributed by atoms with Gasteiger partial charge in [-0.15, -0.1) is 0 Å². The predicted molar refractivity (Wildman–Crippen MR) is 142 cm³/mol. The molecule has 2 aliphatic rings. The van der Waals surface area contributed by atoms with Crippen LogP contribution in [-0.2, 0) is 116 Å². The Morgan fingerprint density at radius 1 is 0.392 bits per heavy atom. The Balaban J connectivity index is 2.92. The van der Waals surface area contributed by atoms with Crippen molar-refractivity contribution in [1.82, 2.24) is 0 Å². The highest BCUT2D eigenvalue weighted by atomic mass is 32.3. The quantitative estimate of drug-likeness (QED) is 0.0593. The van der Waals surface area contributed by atoms with E-state index in [9.17, 15) is 82.2 Å². The lowest BCUT2D eigenvalue weighted by atomic mass is 9.97. The first-order valence-corrected chi connectivity index (χ1v) is 21.2. The van der Waals surface area contributed by atoms with Crippen LogP contribution in [0.15, 0.2) is 0 Å². The molecule has 2 fully saturated rings. The molecule has 0 amide bonds. The van der Waals surface area contributed by atoms with Crippen LogP contribution in [0.1, 0.15) is 0 Å². The molecule has 0 unspecified atom stereocenters. The Morgan fingerprint density at radius 3 is 1.08 bits per heavy atom. The van der Waals surface area contributed by atoms with Crippen LogP contribution in [0.2, 0.25) is 0 Å². The van der Waals surface area contributed by atoms with Crippen LogP contribution in [0.3, 0.4) is 0 Å². The first-order chi connectivity index (χ1) is 22.5. The minimum Gasteiger partial charge on any atom is -0.366 e. The van der Waals surface area contributed by atoms with Crippen molar-refractivity contribution in [3.63, 3.8) is 0 Å². The van der Waals surface area contributed by atoms with Crippen LogP contribution in [-0.4, -0.2) is 171 Å². The third-order valence-corrected chi connectivity index (χ3v) is 8.61. The van der Waals surface area contributed by atoms with Crippen LogP contribution in [0.25, 0.3) is 0 Å². The number of aliphatic hydroxyl groups excluding tert-OH is 1. The zero-order valence-corrected chi connectivity index (χ0v) is 29.1. The van der Waals surface area contributed by atoms with E-state index in [1.54, 1.807) is 0 Å². The molecular formula is C12H22O32S7. The summed E-state index contributed by atoms with van der Waals surface area (Å²) in [5.41, 5.74) is 0. The third kappa shape index (κ3) is 16.9. The smallest absolute Gasteiger partial charge is 0.366 e. The summed E-state index contributed by atoms with van der Waals surface area (Å²) < 4.78 is 269. The van der Waals surface area contributed by atoms with Crippen LogP contribution in [0, 0.1) is 0 Å². The maximum atomic E-state index is 11.7. The van der Waals surface area contributed by atoms with Gasteiger partial charge < -0.3 is 19.3 Å². The lowest BCUT2D eigenvalue weighted by Crippen LogP contribution is -2.67. The van der Waals surface area contributed by atoms with E-state index < -0.39 is 147 Å². The second-order valence-electron chi connectivity index (χ2n) is 9.08. The normalized spacial score (nSPS) is 32.1. The van der Waals surface area contributed by atoms with Crippen molar-refractivity contribution in [2.75, 3.05) is 13.2 Å². The fourth-order valence-electron chi connectivity index (χ4n) is 4.02. The van der Waals surface area contributed by atoms with Crippen molar-refractivity contribution < 1.29 is 139 Å². The number of hydrogen-bond donors (Lipinski definition) is 8. The summed E-state index contributed by atoms with van der Waals surface area (Å²) in [6, 6.07) is 0. The van der Waals surface area contributed by atoms with Gasteiger partial charge >= 0.3 is 72.8 Å². The van der Waals surface area contributed by atoms with Gasteiger partial charge in [0.25, 0.3) is 0 Å². The maximum absolute atomic E-state index is 11.7. The molecule has 0 aliphatic carbocycles. The molecule has 32 nitrogen and oxygen atoms in total. The zero-order chi connectivity index (χ0) is 39.8. The number of aliphatic hydroxyl groups is 1. The SMILES string of the molecule is O=S(=O)(O)OC[C@H]1O[C@@H](O[C@H]2[C@H](OS(=O)(=O)O)[C@@H](OS(=O)(=O)O)[C@H](O)O[C@@H]2COS(=O)(=O)O)[C@H](OS(=O)(=O)O)[C@@H](OS(=O)(=O)O)[C@H]1OS(=O)(=O)O. The van der Waals surface area contributed by atoms with E-state index in [2.05, 4.69) is 29.3 Å². The van der Waals surface area contributed by atoms with Gasteiger partial charge in [-0.05, 0) is 0 Å². The van der Waals surface area contributed by atoms with Crippen molar-refractivity contribution in [1.29, 1.82) is 0 Å². The van der Waals surface area contributed by atoms with E-state index in [4.69, 9.17) is 27.9 Å². The third-order valence-electron chi connectivity index (χ3n) is 5.42. The first kappa shape index (κ1) is 46.1. The van der Waals surface area contributed by atoms with E-state index >= 15 is 0 Å². The molecule has 0 spiro atoms. The Bertz CT molecular complexity index is 2000. The van der Waals surface area contributed by atoms with Gasteiger partial charge in [0.2, 0.25) is 0 Å². The second-order valence-corrected chi connectivity index (χ2v) is 16.5. The average molecular weight is 903 g/mol. The maximum Gasteiger partial charge on any atom is 0.397 e. The van der Waals surface area contributed by atoms with Crippen LogP contribution >= 0.6 is 0 Å². The van der Waals surface area contributed by atoms with Crippen molar-refractivity contribution in [3.05, 3.63) is 0 Å². The van der Waals surface area contributed by atoms with Crippen molar-refractivity contribution in [2.45, 2.75) is 61.4 Å². The Kier molecular flexibility index (Phi) is 14.8. The fraction of sp³-hybridized carbons (Fsp3) is 1.00. The molecule has 2 rings (SSSR count). The minimum absolute atomic E-state index is 1.74. The molecule has 2 saturated heterocycles. The Morgan fingerprint density at radius 2 is 0.706 bits per heavy atom. The average Bonchev–Trinajstić information content (AvgIpc) is 2.84. The molecule has 0 aromatic carbocycles. The highest BCUT2D eigenvalue weighted by Crippen LogP contribution is 2.36. The van der Waals surface area contributed by atoms with Gasteiger partial charge in [0.05, 0.1) is 13.2 Å². The molecule has 0 radical (unpaired) electrons. The summed E-state index contributed by atoms with van der Waals surface area (Å²) in [5.74, 6) is 0. The largest absolute Gasteiger partial charge is 0.397 e. The fourth-order valence-corrected chi connectivity index (χ4v) is 7.11.